The summed E-state index contributed by atoms with van der Waals surface area (Å²) in [7, 11) is 0. The van der Waals surface area contributed by atoms with Crippen molar-refractivity contribution < 1.29 is 23.9 Å². The molecule has 32 heavy (non-hydrogen) atoms. The van der Waals surface area contributed by atoms with Crippen LogP contribution in [0, 0.1) is 0 Å². The van der Waals surface area contributed by atoms with E-state index in [-0.39, 0.29) is 19.4 Å². The first-order chi connectivity index (χ1) is 15.6. The Kier molecular flexibility index (Phi) is 8.62. The average Bonchev–Trinajstić information content (AvgIpc) is 2.83. The van der Waals surface area contributed by atoms with Gasteiger partial charge in [0.1, 0.15) is 5.75 Å². The Bertz CT molecular complexity index is 1050. The number of esters is 1. The molecule has 0 fully saturated rings. The van der Waals surface area contributed by atoms with Gasteiger partial charge in [-0.3, -0.25) is 25.2 Å². The third-order valence-electron chi connectivity index (χ3n) is 4.72. The molecule has 0 saturated carbocycles. The lowest BCUT2D eigenvalue weighted by Crippen LogP contribution is -2.43. The average molecular weight is 434 g/mol. The van der Waals surface area contributed by atoms with Crippen LogP contribution in [0.5, 0.6) is 5.75 Å². The molecule has 3 aromatic carbocycles. The van der Waals surface area contributed by atoms with Gasteiger partial charge in [0.05, 0.1) is 13.0 Å². The van der Waals surface area contributed by atoms with Gasteiger partial charge in [-0.05, 0) is 29.9 Å². The van der Waals surface area contributed by atoms with Gasteiger partial charge in [0, 0.05) is 11.8 Å². The number of aryl methyl sites for hydroxylation is 1. The Morgan fingerprint density at radius 2 is 1.47 bits per heavy atom. The van der Waals surface area contributed by atoms with E-state index in [1.54, 1.807) is 6.07 Å². The first-order valence-corrected chi connectivity index (χ1v) is 10.5. The summed E-state index contributed by atoms with van der Waals surface area (Å²) in [4.78, 5) is 35.5. The summed E-state index contributed by atoms with van der Waals surface area (Å²) in [5.41, 5.74) is 5.74. The van der Waals surface area contributed by atoms with Crippen LogP contribution in [0.15, 0.2) is 72.8 Å². The molecule has 0 atom stereocenters. The summed E-state index contributed by atoms with van der Waals surface area (Å²) in [6.07, 6.45) is 1.40. The normalized spacial score (nSPS) is 10.4. The molecule has 0 aliphatic heterocycles. The topological polar surface area (TPSA) is 93.7 Å². The van der Waals surface area contributed by atoms with E-state index in [0.717, 1.165) is 17.2 Å². The molecule has 0 saturated heterocycles. The van der Waals surface area contributed by atoms with Gasteiger partial charge in [-0.15, -0.1) is 0 Å². The fourth-order valence-electron chi connectivity index (χ4n) is 3.10. The minimum atomic E-state index is -0.505. The van der Waals surface area contributed by atoms with Crippen LogP contribution in [0.25, 0.3) is 10.8 Å². The van der Waals surface area contributed by atoms with Crippen LogP contribution in [0.4, 0.5) is 0 Å². The predicted octanol–water partition coefficient (Wildman–Crippen LogP) is 3.32. The molecule has 0 aliphatic rings. The summed E-state index contributed by atoms with van der Waals surface area (Å²) in [6.45, 7) is 0.0509. The van der Waals surface area contributed by atoms with E-state index in [2.05, 4.69) is 10.9 Å². The van der Waals surface area contributed by atoms with Crippen LogP contribution in [0.3, 0.4) is 0 Å². The van der Waals surface area contributed by atoms with E-state index in [1.165, 1.54) is 5.56 Å². The first-order valence-electron chi connectivity index (χ1n) is 10.5. The summed E-state index contributed by atoms with van der Waals surface area (Å²) >= 11 is 0. The van der Waals surface area contributed by atoms with Crippen molar-refractivity contribution in [3.05, 3.63) is 78.4 Å². The minimum absolute atomic E-state index is 0.0560. The van der Waals surface area contributed by atoms with Gasteiger partial charge < -0.3 is 9.47 Å². The third kappa shape index (κ3) is 7.43. The number of carbonyl (C=O) groups is 3. The third-order valence-corrected chi connectivity index (χ3v) is 4.72. The Morgan fingerprint density at radius 3 is 2.31 bits per heavy atom. The van der Waals surface area contributed by atoms with Crippen molar-refractivity contribution in [2.45, 2.75) is 25.7 Å². The Morgan fingerprint density at radius 1 is 0.750 bits per heavy atom. The van der Waals surface area contributed by atoms with Crippen molar-refractivity contribution in [1.29, 1.82) is 0 Å². The van der Waals surface area contributed by atoms with Crippen molar-refractivity contribution in [2.24, 2.45) is 0 Å². The minimum Gasteiger partial charge on any atom is -0.483 e. The molecule has 0 heterocycles. The van der Waals surface area contributed by atoms with E-state index >= 15 is 0 Å². The van der Waals surface area contributed by atoms with Crippen molar-refractivity contribution >= 4 is 28.6 Å². The van der Waals surface area contributed by atoms with Gasteiger partial charge >= 0.3 is 5.97 Å². The second kappa shape index (κ2) is 12.1. The first kappa shape index (κ1) is 22.8. The molecule has 0 radical (unpaired) electrons. The zero-order valence-corrected chi connectivity index (χ0v) is 17.7. The summed E-state index contributed by atoms with van der Waals surface area (Å²) in [6, 6.07) is 23.2. The number of fused-ring (bicyclic) bond motifs is 1. The maximum Gasteiger partial charge on any atom is 0.306 e. The van der Waals surface area contributed by atoms with E-state index in [0.29, 0.717) is 18.8 Å². The number of hydrogen-bond donors (Lipinski definition) is 2. The predicted molar refractivity (Wildman–Crippen MR) is 121 cm³/mol. The zero-order chi connectivity index (χ0) is 22.6. The number of amides is 2. The highest BCUT2D eigenvalue weighted by molar-refractivity contribution is 5.89. The fourth-order valence-corrected chi connectivity index (χ4v) is 3.10. The molecular formula is C25H26N2O5. The van der Waals surface area contributed by atoms with Gasteiger partial charge in [-0.1, -0.05) is 66.7 Å². The number of carbonyl (C=O) groups excluding carboxylic acids is 3. The number of rotatable bonds is 10. The lowest BCUT2D eigenvalue weighted by atomic mass is 10.1. The highest BCUT2D eigenvalue weighted by Gasteiger charge is 2.10. The zero-order valence-electron chi connectivity index (χ0n) is 17.7. The number of hydrogen-bond acceptors (Lipinski definition) is 5. The number of nitrogens with one attached hydrogen (secondary N) is 2. The van der Waals surface area contributed by atoms with Crippen LogP contribution in [-0.4, -0.2) is 31.0 Å². The molecule has 7 heteroatoms. The number of hydrazine groups is 1. The summed E-state index contributed by atoms with van der Waals surface area (Å²) < 4.78 is 10.7. The fraction of sp³-hybridized carbons (Fsp3) is 0.240. The van der Waals surface area contributed by atoms with Crippen LogP contribution in [0.1, 0.15) is 24.8 Å². The summed E-state index contributed by atoms with van der Waals surface area (Å²) in [5.74, 6) is -0.849. The highest BCUT2D eigenvalue weighted by atomic mass is 16.5. The molecule has 0 unspecified atom stereocenters. The van der Waals surface area contributed by atoms with Crippen LogP contribution in [0.2, 0.25) is 0 Å². The van der Waals surface area contributed by atoms with Gasteiger partial charge in [0.2, 0.25) is 5.91 Å². The Balaban J connectivity index is 1.28. The van der Waals surface area contributed by atoms with Gasteiger partial charge in [-0.25, -0.2) is 0 Å². The molecule has 3 aromatic rings. The van der Waals surface area contributed by atoms with Crippen LogP contribution >= 0.6 is 0 Å². The molecule has 2 amide bonds. The highest BCUT2D eigenvalue weighted by Crippen LogP contribution is 2.24. The lowest BCUT2D eigenvalue weighted by Gasteiger charge is -2.10. The maximum absolute atomic E-state index is 11.9. The summed E-state index contributed by atoms with van der Waals surface area (Å²) in [5, 5.41) is 1.90. The second-order valence-corrected chi connectivity index (χ2v) is 7.17. The van der Waals surface area contributed by atoms with Crippen LogP contribution in [-0.2, 0) is 25.5 Å². The number of benzene rings is 3. The van der Waals surface area contributed by atoms with Crippen molar-refractivity contribution in [1.82, 2.24) is 10.9 Å². The largest absolute Gasteiger partial charge is 0.483 e. The quantitative estimate of drug-likeness (QED) is 0.290. The SMILES string of the molecule is O=C(CCC(=O)OCCCc1ccccc1)NNC(=O)COc1cccc2ccccc12. The van der Waals surface area contributed by atoms with Gasteiger partial charge in [-0.2, -0.15) is 0 Å². The standard InChI is InChI=1S/C25H26N2O5/c28-23(15-16-25(30)31-17-7-10-19-8-2-1-3-9-19)26-27-24(29)18-32-22-14-6-12-20-11-4-5-13-21(20)22/h1-6,8-9,11-14H,7,10,15-18H2,(H,26,28)(H,27,29). The van der Waals surface area contributed by atoms with Crippen LogP contribution < -0.4 is 15.6 Å². The van der Waals surface area contributed by atoms with Crippen molar-refractivity contribution in [3.63, 3.8) is 0 Å². The lowest BCUT2D eigenvalue weighted by molar-refractivity contribution is -0.145. The van der Waals surface area contributed by atoms with E-state index in [1.807, 2.05) is 66.7 Å². The molecule has 0 aromatic heterocycles. The van der Waals surface area contributed by atoms with Gasteiger partial charge in [0.25, 0.3) is 5.91 Å². The van der Waals surface area contributed by atoms with Gasteiger partial charge in [0.15, 0.2) is 6.61 Å². The molecule has 0 aliphatic carbocycles. The molecule has 7 nitrogen and oxygen atoms in total. The number of ether oxygens (including phenoxy) is 2. The van der Waals surface area contributed by atoms with Crippen molar-refractivity contribution in [3.8, 4) is 5.75 Å². The van der Waals surface area contributed by atoms with Crippen molar-refractivity contribution in [2.75, 3.05) is 13.2 Å². The van der Waals surface area contributed by atoms with E-state index in [4.69, 9.17) is 9.47 Å². The molecular weight excluding hydrogens is 408 g/mol. The Hall–Kier alpha value is -3.87. The molecule has 166 valence electrons. The molecule has 3 rings (SSSR count). The monoisotopic (exact) mass is 434 g/mol. The van der Waals surface area contributed by atoms with E-state index in [9.17, 15) is 14.4 Å². The second-order valence-electron chi connectivity index (χ2n) is 7.17. The molecule has 2 N–H and O–H groups in total. The molecule has 0 spiro atoms. The molecule has 0 bridgehead atoms. The smallest absolute Gasteiger partial charge is 0.306 e. The Labute approximate surface area is 186 Å². The maximum atomic E-state index is 11.9. The van der Waals surface area contributed by atoms with E-state index < -0.39 is 17.8 Å².